The van der Waals surface area contributed by atoms with Crippen LogP contribution in [0.2, 0.25) is 0 Å². The first-order chi connectivity index (χ1) is 8.88. The second-order valence-electron chi connectivity index (χ2n) is 5.51. The zero-order valence-corrected chi connectivity index (χ0v) is 11.1. The van der Waals surface area contributed by atoms with Crippen LogP contribution in [0.1, 0.15) is 30.6 Å². The van der Waals surface area contributed by atoms with Crippen LogP contribution in [0.5, 0.6) is 0 Å². The van der Waals surface area contributed by atoms with Gasteiger partial charge >= 0.3 is 0 Å². The molecule has 2 unspecified atom stereocenters. The molecule has 0 aliphatic carbocycles. The molecule has 1 fully saturated rings. The van der Waals surface area contributed by atoms with Crippen LogP contribution in [0.4, 0.5) is 14.5 Å². The minimum atomic E-state index is -1.05. The molecule has 1 saturated heterocycles. The first kappa shape index (κ1) is 13.8. The predicted molar refractivity (Wildman–Crippen MR) is 69.6 cm³/mol. The van der Waals surface area contributed by atoms with Crippen molar-refractivity contribution in [2.45, 2.75) is 20.3 Å². The molecule has 2 N–H and O–H groups in total. The van der Waals surface area contributed by atoms with Crippen LogP contribution in [-0.2, 0) is 0 Å². The van der Waals surface area contributed by atoms with E-state index in [1.54, 1.807) is 4.90 Å². The molecule has 5 heteroatoms. The van der Waals surface area contributed by atoms with Crippen LogP contribution >= 0.6 is 0 Å². The minimum absolute atomic E-state index is 0.0187. The van der Waals surface area contributed by atoms with E-state index in [-0.39, 0.29) is 17.2 Å². The first-order valence-electron chi connectivity index (χ1n) is 6.42. The third kappa shape index (κ3) is 2.85. The van der Waals surface area contributed by atoms with E-state index in [1.807, 2.05) is 0 Å². The van der Waals surface area contributed by atoms with Gasteiger partial charge in [0, 0.05) is 24.8 Å². The van der Waals surface area contributed by atoms with Gasteiger partial charge in [-0.1, -0.05) is 13.8 Å². The predicted octanol–water partition coefficient (Wildman–Crippen LogP) is 2.67. The standard InChI is InChI=1S/C14H18F2N2O/c1-8-3-9(2)7-18(6-8)14(19)10-4-11(15)12(16)5-13(10)17/h4-5,8-9H,3,6-7,17H2,1-2H3. The molecular formula is C14H18F2N2O. The van der Waals surface area contributed by atoms with Crippen LogP contribution < -0.4 is 5.73 Å². The van der Waals surface area contributed by atoms with E-state index in [1.165, 1.54) is 0 Å². The van der Waals surface area contributed by atoms with Crippen LogP contribution in [0, 0.1) is 23.5 Å². The number of amides is 1. The average Bonchev–Trinajstić information content (AvgIpc) is 2.31. The molecule has 1 aliphatic rings. The summed E-state index contributed by atoms with van der Waals surface area (Å²) < 4.78 is 26.2. The zero-order valence-electron chi connectivity index (χ0n) is 11.1. The lowest BCUT2D eigenvalue weighted by molar-refractivity contribution is 0.0623. The summed E-state index contributed by atoms with van der Waals surface area (Å²) >= 11 is 0. The molecule has 3 nitrogen and oxygen atoms in total. The Kier molecular flexibility index (Phi) is 3.73. The van der Waals surface area contributed by atoms with Crippen molar-refractivity contribution in [1.82, 2.24) is 4.90 Å². The SMILES string of the molecule is CC1CC(C)CN(C(=O)c2cc(F)c(F)cc2N)C1. The van der Waals surface area contributed by atoms with Crippen molar-refractivity contribution in [2.24, 2.45) is 11.8 Å². The second-order valence-corrected chi connectivity index (χ2v) is 5.51. The van der Waals surface area contributed by atoms with Gasteiger partial charge in [-0.05, 0) is 24.3 Å². The van der Waals surface area contributed by atoms with Crippen LogP contribution in [0.25, 0.3) is 0 Å². The van der Waals surface area contributed by atoms with Gasteiger partial charge in [0.05, 0.1) is 5.56 Å². The maximum atomic E-state index is 13.2. The third-order valence-corrected chi connectivity index (χ3v) is 3.48. The molecule has 0 bridgehead atoms. The summed E-state index contributed by atoms with van der Waals surface area (Å²) in [5.74, 6) is -1.60. The molecule has 1 aliphatic heterocycles. The Labute approximate surface area is 111 Å². The molecule has 1 aromatic rings. The number of likely N-dealkylation sites (tertiary alicyclic amines) is 1. The summed E-state index contributed by atoms with van der Waals surface area (Å²) in [5.41, 5.74) is 5.64. The fourth-order valence-electron chi connectivity index (χ4n) is 2.75. The highest BCUT2D eigenvalue weighted by atomic mass is 19.2. The number of piperidine rings is 1. The van der Waals surface area contributed by atoms with Gasteiger partial charge < -0.3 is 10.6 Å². The lowest BCUT2D eigenvalue weighted by Gasteiger charge is -2.35. The third-order valence-electron chi connectivity index (χ3n) is 3.48. The maximum Gasteiger partial charge on any atom is 0.256 e. The van der Waals surface area contributed by atoms with E-state index in [0.717, 1.165) is 18.6 Å². The van der Waals surface area contributed by atoms with Gasteiger partial charge in [0.15, 0.2) is 11.6 Å². The number of nitrogens with zero attached hydrogens (tertiary/aromatic N) is 1. The number of rotatable bonds is 1. The van der Waals surface area contributed by atoms with Gasteiger partial charge in [-0.2, -0.15) is 0 Å². The van der Waals surface area contributed by atoms with E-state index in [9.17, 15) is 13.6 Å². The average molecular weight is 268 g/mol. The Balaban J connectivity index is 2.26. The van der Waals surface area contributed by atoms with Gasteiger partial charge in [-0.15, -0.1) is 0 Å². The smallest absolute Gasteiger partial charge is 0.256 e. The normalized spacial score (nSPS) is 23.5. The second kappa shape index (κ2) is 5.15. The quantitative estimate of drug-likeness (QED) is 0.796. The number of nitrogen functional groups attached to an aromatic ring is 1. The number of nitrogens with two attached hydrogens (primary N) is 1. The minimum Gasteiger partial charge on any atom is -0.398 e. The largest absolute Gasteiger partial charge is 0.398 e. The number of hydrogen-bond acceptors (Lipinski definition) is 2. The molecule has 0 radical (unpaired) electrons. The molecule has 0 aromatic heterocycles. The van der Waals surface area contributed by atoms with Crippen molar-refractivity contribution < 1.29 is 13.6 Å². The molecular weight excluding hydrogens is 250 g/mol. The van der Waals surface area contributed by atoms with Crippen LogP contribution in [0.3, 0.4) is 0 Å². The molecule has 104 valence electrons. The van der Waals surface area contributed by atoms with E-state index >= 15 is 0 Å². The summed E-state index contributed by atoms with van der Waals surface area (Å²) in [6, 6.07) is 1.75. The summed E-state index contributed by atoms with van der Waals surface area (Å²) in [6.07, 6.45) is 1.07. The molecule has 1 amide bonds. The Morgan fingerprint density at radius 3 is 2.32 bits per heavy atom. The van der Waals surface area contributed by atoms with Crippen molar-refractivity contribution in [3.63, 3.8) is 0 Å². The van der Waals surface area contributed by atoms with Gasteiger partial charge in [-0.25, -0.2) is 8.78 Å². The lowest BCUT2D eigenvalue weighted by atomic mass is 9.91. The number of carbonyl (C=O) groups is 1. The molecule has 19 heavy (non-hydrogen) atoms. The summed E-state index contributed by atoms with van der Waals surface area (Å²) in [4.78, 5) is 14.0. The molecule has 2 rings (SSSR count). The van der Waals surface area contributed by atoms with E-state index < -0.39 is 11.6 Å². The Morgan fingerprint density at radius 1 is 1.21 bits per heavy atom. The van der Waals surface area contributed by atoms with E-state index in [0.29, 0.717) is 24.9 Å². The molecule has 2 atom stereocenters. The molecule has 1 aromatic carbocycles. The number of carbonyl (C=O) groups excluding carboxylic acids is 1. The Hall–Kier alpha value is -1.65. The van der Waals surface area contributed by atoms with Crippen molar-refractivity contribution in [2.75, 3.05) is 18.8 Å². The van der Waals surface area contributed by atoms with Crippen molar-refractivity contribution in [1.29, 1.82) is 0 Å². The Morgan fingerprint density at radius 2 is 1.74 bits per heavy atom. The number of anilines is 1. The highest BCUT2D eigenvalue weighted by Gasteiger charge is 2.27. The van der Waals surface area contributed by atoms with Crippen LogP contribution in [-0.4, -0.2) is 23.9 Å². The van der Waals surface area contributed by atoms with Crippen molar-refractivity contribution in [3.8, 4) is 0 Å². The fourth-order valence-corrected chi connectivity index (χ4v) is 2.75. The van der Waals surface area contributed by atoms with Gasteiger partial charge in [0.1, 0.15) is 0 Å². The summed E-state index contributed by atoms with van der Waals surface area (Å²) in [5, 5.41) is 0. The van der Waals surface area contributed by atoms with Gasteiger partial charge in [0.2, 0.25) is 0 Å². The van der Waals surface area contributed by atoms with Crippen molar-refractivity contribution >= 4 is 11.6 Å². The first-order valence-corrected chi connectivity index (χ1v) is 6.42. The number of hydrogen-bond donors (Lipinski definition) is 1. The topological polar surface area (TPSA) is 46.3 Å². The van der Waals surface area contributed by atoms with Gasteiger partial charge in [-0.3, -0.25) is 4.79 Å². The molecule has 0 saturated carbocycles. The van der Waals surface area contributed by atoms with Gasteiger partial charge in [0.25, 0.3) is 5.91 Å². The highest BCUT2D eigenvalue weighted by molar-refractivity contribution is 5.99. The van der Waals surface area contributed by atoms with Crippen LogP contribution in [0.15, 0.2) is 12.1 Å². The zero-order chi connectivity index (χ0) is 14.2. The Bertz CT molecular complexity index is 494. The highest BCUT2D eigenvalue weighted by Crippen LogP contribution is 2.25. The monoisotopic (exact) mass is 268 g/mol. The van der Waals surface area contributed by atoms with E-state index in [4.69, 9.17) is 5.73 Å². The molecule has 0 spiro atoms. The fraction of sp³-hybridized carbons (Fsp3) is 0.500. The number of benzene rings is 1. The maximum absolute atomic E-state index is 13.2. The summed E-state index contributed by atoms with van der Waals surface area (Å²) in [6.45, 7) is 5.40. The number of halogens is 2. The lowest BCUT2D eigenvalue weighted by Crippen LogP contribution is -2.42. The van der Waals surface area contributed by atoms with Crippen molar-refractivity contribution in [3.05, 3.63) is 29.3 Å². The molecule has 1 heterocycles. The van der Waals surface area contributed by atoms with E-state index in [2.05, 4.69) is 13.8 Å². The summed E-state index contributed by atoms with van der Waals surface area (Å²) in [7, 11) is 0.